The van der Waals surface area contributed by atoms with Crippen LogP contribution in [-0.2, 0) is 4.84 Å². The van der Waals surface area contributed by atoms with Gasteiger partial charge in [0.25, 0.3) is 0 Å². The number of rotatable bonds is 5. The van der Waals surface area contributed by atoms with Gasteiger partial charge in [-0.3, -0.25) is 0 Å². The van der Waals surface area contributed by atoms with Crippen molar-refractivity contribution in [2.24, 2.45) is 4.99 Å². The molecule has 1 atom stereocenters. The van der Waals surface area contributed by atoms with Gasteiger partial charge in [-0.1, -0.05) is 54.6 Å². The minimum absolute atomic E-state index is 0.233. The molecule has 0 aromatic heterocycles. The predicted octanol–water partition coefficient (Wildman–Crippen LogP) is 4.98. The molecule has 5 rings (SSSR count). The topological polar surface area (TPSA) is 40.5 Å². The molecule has 0 aliphatic carbocycles. The van der Waals surface area contributed by atoms with Gasteiger partial charge in [0.2, 0.25) is 5.90 Å². The fourth-order valence-electron chi connectivity index (χ4n) is 4.43. The third kappa shape index (κ3) is 4.39. The first-order chi connectivity index (χ1) is 16.1. The van der Waals surface area contributed by atoms with E-state index >= 15 is 0 Å². The fraction of sp³-hybridized carbons (Fsp3) is 0.296. The maximum absolute atomic E-state index is 6.08. The van der Waals surface area contributed by atoms with Gasteiger partial charge < -0.3 is 19.4 Å². The van der Waals surface area contributed by atoms with Gasteiger partial charge in [-0.15, -0.1) is 0 Å². The molecule has 2 aliphatic rings. The lowest BCUT2D eigenvalue weighted by molar-refractivity contribution is 0.266. The van der Waals surface area contributed by atoms with Crippen LogP contribution in [0.15, 0.2) is 77.8 Å². The van der Waals surface area contributed by atoms with Gasteiger partial charge in [0.15, 0.2) is 6.17 Å². The number of hydroxylamine groups is 1. The molecule has 6 nitrogen and oxygen atoms in total. The second-order valence-electron chi connectivity index (χ2n) is 8.57. The minimum Gasteiger partial charge on any atom is -0.495 e. The van der Waals surface area contributed by atoms with Crippen LogP contribution in [0.3, 0.4) is 0 Å². The zero-order chi connectivity index (χ0) is 22.8. The maximum Gasteiger partial charge on any atom is 0.217 e. The Balaban J connectivity index is 1.43. The van der Waals surface area contributed by atoms with Gasteiger partial charge in [-0.05, 0) is 41.9 Å². The van der Waals surface area contributed by atoms with Gasteiger partial charge in [0, 0.05) is 33.1 Å². The van der Waals surface area contributed by atoms with E-state index in [2.05, 4.69) is 71.4 Å². The van der Waals surface area contributed by atoms with Crippen molar-refractivity contribution < 1.29 is 9.57 Å². The summed E-state index contributed by atoms with van der Waals surface area (Å²) in [4.78, 5) is 15.6. The predicted molar refractivity (Wildman–Crippen MR) is 134 cm³/mol. The molecule has 0 amide bonds. The van der Waals surface area contributed by atoms with Crippen LogP contribution >= 0.6 is 0 Å². The Hall–Kier alpha value is -3.51. The zero-order valence-electron chi connectivity index (χ0n) is 19.4. The Morgan fingerprint density at radius 1 is 0.879 bits per heavy atom. The monoisotopic (exact) mass is 442 g/mol. The first-order valence-corrected chi connectivity index (χ1v) is 11.4. The number of aliphatic imine (C=N–C) groups is 1. The molecule has 0 radical (unpaired) electrons. The molecule has 170 valence electrons. The quantitative estimate of drug-likeness (QED) is 0.557. The van der Waals surface area contributed by atoms with Gasteiger partial charge >= 0.3 is 0 Å². The largest absolute Gasteiger partial charge is 0.495 e. The van der Waals surface area contributed by atoms with Crippen LogP contribution in [0.4, 0.5) is 11.4 Å². The lowest BCUT2D eigenvalue weighted by Crippen LogP contribution is -2.44. The molecular weight excluding hydrogens is 412 g/mol. The van der Waals surface area contributed by atoms with Crippen LogP contribution in [0.5, 0.6) is 5.75 Å². The first kappa shape index (κ1) is 21.3. The molecule has 2 heterocycles. The van der Waals surface area contributed by atoms with Crippen molar-refractivity contribution in [3.63, 3.8) is 0 Å². The van der Waals surface area contributed by atoms with Crippen molar-refractivity contribution in [2.75, 3.05) is 50.3 Å². The van der Waals surface area contributed by atoms with Crippen molar-refractivity contribution in [3.05, 3.63) is 78.4 Å². The molecule has 1 saturated heterocycles. The van der Waals surface area contributed by atoms with Gasteiger partial charge in [-0.2, -0.15) is 5.06 Å². The van der Waals surface area contributed by atoms with Crippen LogP contribution < -0.4 is 14.7 Å². The van der Waals surface area contributed by atoms with Crippen LogP contribution in [0, 0.1) is 0 Å². The highest BCUT2D eigenvalue weighted by Gasteiger charge is 2.30. The number of hydrogen-bond donors (Lipinski definition) is 0. The Kier molecular flexibility index (Phi) is 5.92. The average Bonchev–Trinajstić information content (AvgIpc) is 3.26. The van der Waals surface area contributed by atoms with Gasteiger partial charge in [0.1, 0.15) is 5.75 Å². The lowest BCUT2D eigenvalue weighted by atomic mass is 10.0. The van der Waals surface area contributed by atoms with Crippen molar-refractivity contribution in [1.82, 2.24) is 4.90 Å². The number of hydrogen-bond acceptors (Lipinski definition) is 6. The van der Waals surface area contributed by atoms with Crippen molar-refractivity contribution in [2.45, 2.75) is 13.1 Å². The molecule has 6 heteroatoms. The van der Waals surface area contributed by atoms with E-state index in [0.717, 1.165) is 48.9 Å². The van der Waals surface area contributed by atoms with Gasteiger partial charge in [0.05, 0.1) is 18.5 Å². The molecule has 0 saturated carbocycles. The highest BCUT2D eigenvalue weighted by atomic mass is 16.7. The summed E-state index contributed by atoms with van der Waals surface area (Å²) in [7, 11) is 3.89. The second-order valence-corrected chi connectivity index (χ2v) is 8.57. The van der Waals surface area contributed by atoms with E-state index in [1.165, 1.54) is 11.1 Å². The van der Waals surface area contributed by atoms with E-state index in [1.807, 2.05) is 30.2 Å². The summed E-state index contributed by atoms with van der Waals surface area (Å²) in [6, 6.07) is 25.2. The normalized spacial score (nSPS) is 18.8. The van der Waals surface area contributed by atoms with E-state index in [0.29, 0.717) is 5.90 Å². The Labute approximate surface area is 195 Å². The summed E-state index contributed by atoms with van der Waals surface area (Å²) in [6.07, 6.45) is -0.233. The summed E-state index contributed by atoms with van der Waals surface area (Å²) >= 11 is 0. The Morgan fingerprint density at radius 3 is 2.27 bits per heavy atom. The number of piperazine rings is 1. The fourth-order valence-corrected chi connectivity index (χ4v) is 4.43. The number of ether oxygens (including phenoxy) is 1. The van der Waals surface area contributed by atoms with E-state index in [4.69, 9.17) is 14.6 Å². The number of benzene rings is 3. The summed E-state index contributed by atoms with van der Waals surface area (Å²) in [5, 5.41) is 1.89. The number of likely N-dealkylation sites (N-methyl/N-ethyl adjacent to an activating group) is 1. The van der Waals surface area contributed by atoms with E-state index in [9.17, 15) is 0 Å². The molecule has 1 unspecified atom stereocenters. The minimum atomic E-state index is -0.233. The van der Waals surface area contributed by atoms with Crippen LogP contribution in [0.25, 0.3) is 11.1 Å². The molecule has 0 N–H and O–H groups in total. The molecule has 1 fully saturated rings. The Bertz CT molecular complexity index is 1120. The van der Waals surface area contributed by atoms with Crippen LogP contribution in [-0.4, -0.2) is 51.1 Å². The molecule has 33 heavy (non-hydrogen) atoms. The molecule has 2 aliphatic heterocycles. The third-order valence-corrected chi connectivity index (χ3v) is 6.33. The molecule has 3 aromatic carbocycles. The number of nitrogens with zero attached hydrogens (tertiary/aromatic N) is 4. The highest BCUT2D eigenvalue weighted by Crippen LogP contribution is 2.39. The summed E-state index contributed by atoms with van der Waals surface area (Å²) in [6.45, 7) is 5.91. The second kappa shape index (κ2) is 9.16. The van der Waals surface area contributed by atoms with E-state index < -0.39 is 0 Å². The van der Waals surface area contributed by atoms with E-state index in [-0.39, 0.29) is 6.17 Å². The maximum atomic E-state index is 6.08. The highest BCUT2D eigenvalue weighted by molar-refractivity contribution is 5.78. The molecular formula is C27H30N4O2. The van der Waals surface area contributed by atoms with Crippen molar-refractivity contribution >= 4 is 17.3 Å². The smallest absolute Gasteiger partial charge is 0.217 e. The SMILES string of the molecule is COc1ccc(N2OC(C)=NC2c2ccc(-c3ccccc3)cc2)cc1N1CCN(C)CC1. The molecule has 0 spiro atoms. The standard InChI is InChI=1S/C27H30N4O2/c1-20-28-27(23-11-9-22(10-12-23)21-7-5-4-6-8-21)31(33-20)24-13-14-26(32-3)25(19-24)30-17-15-29(2)16-18-30/h4-14,19,27H,15-18H2,1-3H3. The molecule has 0 bridgehead atoms. The third-order valence-electron chi connectivity index (χ3n) is 6.33. The lowest BCUT2D eigenvalue weighted by Gasteiger charge is -2.35. The van der Waals surface area contributed by atoms with Crippen molar-refractivity contribution in [3.8, 4) is 16.9 Å². The molecule has 3 aromatic rings. The summed E-state index contributed by atoms with van der Waals surface area (Å²) < 4.78 is 5.69. The Morgan fingerprint density at radius 2 is 1.58 bits per heavy atom. The average molecular weight is 443 g/mol. The zero-order valence-corrected chi connectivity index (χ0v) is 19.4. The van der Waals surface area contributed by atoms with Gasteiger partial charge in [-0.25, -0.2) is 4.99 Å². The van der Waals surface area contributed by atoms with Crippen LogP contribution in [0.1, 0.15) is 18.7 Å². The summed E-state index contributed by atoms with van der Waals surface area (Å²) in [5.41, 5.74) is 5.53. The first-order valence-electron chi connectivity index (χ1n) is 11.4. The van der Waals surface area contributed by atoms with Crippen molar-refractivity contribution in [1.29, 1.82) is 0 Å². The summed E-state index contributed by atoms with van der Waals surface area (Å²) in [5.74, 6) is 1.54. The number of anilines is 2. The van der Waals surface area contributed by atoms with Crippen LogP contribution in [0.2, 0.25) is 0 Å². The number of methoxy groups -OCH3 is 1. The van der Waals surface area contributed by atoms with E-state index in [1.54, 1.807) is 7.11 Å².